The number of amides is 1. The molecular formula is C22H23NO3. The molecule has 26 heavy (non-hydrogen) atoms. The van der Waals surface area contributed by atoms with Crippen LogP contribution in [-0.4, -0.2) is 24.0 Å². The molecule has 4 heteroatoms. The van der Waals surface area contributed by atoms with Crippen LogP contribution in [0.1, 0.15) is 48.2 Å². The summed E-state index contributed by atoms with van der Waals surface area (Å²) in [5.74, 6) is 1.76. The molecule has 0 spiro atoms. The lowest BCUT2D eigenvalue weighted by atomic mass is 9.94. The third kappa shape index (κ3) is 3.17. The van der Waals surface area contributed by atoms with E-state index in [2.05, 4.69) is 17.3 Å². The molecule has 0 atom stereocenters. The zero-order chi connectivity index (χ0) is 18.7. The molecule has 0 aromatic heterocycles. The summed E-state index contributed by atoms with van der Waals surface area (Å²) in [6.45, 7) is 3.50. The number of rotatable bonds is 6. The Hall–Kier alpha value is -2.80. The average molecular weight is 349 g/mol. The van der Waals surface area contributed by atoms with Gasteiger partial charge in [-0.3, -0.25) is 4.79 Å². The summed E-state index contributed by atoms with van der Waals surface area (Å²) in [6.07, 6.45) is 8.78. The highest BCUT2D eigenvalue weighted by atomic mass is 16.5. The Morgan fingerprint density at radius 1 is 1.15 bits per heavy atom. The first-order chi connectivity index (χ1) is 12.5. The van der Waals surface area contributed by atoms with Crippen LogP contribution in [-0.2, 0) is 22.4 Å². The molecule has 0 heterocycles. The number of esters is 1. The van der Waals surface area contributed by atoms with Gasteiger partial charge < -0.3 is 10.1 Å². The van der Waals surface area contributed by atoms with Crippen LogP contribution in [0.25, 0.3) is 10.8 Å². The number of hydrogen-bond acceptors (Lipinski definition) is 3. The van der Waals surface area contributed by atoms with Crippen molar-refractivity contribution in [1.82, 2.24) is 5.32 Å². The quantitative estimate of drug-likeness (QED) is 0.642. The third-order valence-electron chi connectivity index (χ3n) is 5.29. The Labute approximate surface area is 153 Å². The van der Waals surface area contributed by atoms with Gasteiger partial charge in [-0.25, -0.2) is 4.79 Å². The lowest BCUT2D eigenvalue weighted by molar-refractivity contribution is -0.125. The Morgan fingerprint density at radius 3 is 2.50 bits per heavy atom. The van der Waals surface area contributed by atoms with E-state index in [1.807, 2.05) is 32.0 Å². The van der Waals surface area contributed by atoms with E-state index in [-0.39, 0.29) is 12.5 Å². The molecule has 1 aliphatic rings. The van der Waals surface area contributed by atoms with Crippen molar-refractivity contribution < 1.29 is 14.3 Å². The normalized spacial score (nSPS) is 12.7. The molecule has 2 aromatic carbocycles. The fourth-order valence-electron chi connectivity index (χ4n) is 3.60. The molecule has 0 radical (unpaired) electrons. The van der Waals surface area contributed by atoms with Crippen LogP contribution >= 0.6 is 0 Å². The molecule has 1 N–H and O–H groups in total. The van der Waals surface area contributed by atoms with Gasteiger partial charge in [0.25, 0.3) is 5.91 Å². The number of aryl methyl sites for hydroxylation is 2. The van der Waals surface area contributed by atoms with Gasteiger partial charge in [0.05, 0.1) is 5.56 Å². The first-order valence-electron chi connectivity index (χ1n) is 9.03. The predicted octanol–water partition coefficient (Wildman–Crippen LogP) is 3.40. The van der Waals surface area contributed by atoms with E-state index in [0.29, 0.717) is 18.4 Å². The zero-order valence-corrected chi connectivity index (χ0v) is 15.2. The summed E-state index contributed by atoms with van der Waals surface area (Å²) in [7, 11) is 0. The van der Waals surface area contributed by atoms with E-state index in [9.17, 15) is 9.59 Å². The number of hydrogen-bond donors (Lipinski definition) is 1. The first-order valence-corrected chi connectivity index (χ1v) is 9.03. The number of carbonyl (C=O) groups excluding carboxylic acids is 2. The van der Waals surface area contributed by atoms with Gasteiger partial charge in [0.2, 0.25) is 0 Å². The molecule has 0 fully saturated rings. The van der Waals surface area contributed by atoms with Crippen LogP contribution in [0.3, 0.4) is 0 Å². The minimum atomic E-state index is -0.689. The Morgan fingerprint density at radius 2 is 1.85 bits per heavy atom. The molecule has 0 aliphatic heterocycles. The first kappa shape index (κ1) is 18.0. The van der Waals surface area contributed by atoms with Gasteiger partial charge in [0.15, 0.2) is 6.61 Å². The van der Waals surface area contributed by atoms with E-state index in [1.165, 1.54) is 11.1 Å². The van der Waals surface area contributed by atoms with Crippen molar-refractivity contribution in [2.75, 3.05) is 6.61 Å². The minimum Gasteiger partial charge on any atom is -0.452 e. The molecule has 1 amide bonds. The maximum absolute atomic E-state index is 12.5. The molecular weight excluding hydrogens is 326 g/mol. The fourth-order valence-corrected chi connectivity index (χ4v) is 3.60. The molecule has 3 rings (SSSR count). The SMILES string of the molecule is C#CC(CC)(CC)NC(=O)COC(=O)c1ccc2c3c(cccc13)CC2. The van der Waals surface area contributed by atoms with Crippen molar-refractivity contribution >= 4 is 22.6 Å². The zero-order valence-electron chi connectivity index (χ0n) is 15.2. The molecule has 2 aromatic rings. The molecule has 4 nitrogen and oxygen atoms in total. The highest BCUT2D eigenvalue weighted by molar-refractivity contribution is 6.07. The van der Waals surface area contributed by atoms with Crippen LogP contribution in [0.5, 0.6) is 0 Å². The second kappa shape index (κ2) is 7.21. The minimum absolute atomic E-state index is 0.342. The van der Waals surface area contributed by atoms with E-state index < -0.39 is 11.5 Å². The summed E-state index contributed by atoms with van der Waals surface area (Å²) in [5.41, 5.74) is 2.32. The van der Waals surface area contributed by atoms with Crippen LogP contribution in [0.4, 0.5) is 0 Å². The summed E-state index contributed by atoms with van der Waals surface area (Å²) < 4.78 is 5.26. The third-order valence-corrected chi connectivity index (χ3v) is 5.29. The highest BCUT2D eigenvalue weighted by Crippen LogP contribution is 2.33. The second-order valence-electron chi connectivity index (χ2n) is 6.67. The van der Waals surface area contributed by atoms with E-state index >= 15 is 0 Å². The average Bonchev–Trinajstić information content (AvgIpc) is 3.10. The molecule has 0 unspecified atom stereocenters. The molecule has 0 saturated carbocycles. The number of terminal acetylenes is 1. The maximum atomic E-state index is 12.5. The van der Waals surface area contributed by atoms with Crippen LogP contribution in [0.15, 0.2) is 30.3 Å². The maximum Gasteiger partial charge on any atom is 0.339 e. The van der Waals surface area contributed by atoms with Gasteiger partial charge in [-0.1, -0.05) is 44.0 Å². The van der Waals surface area contributed by atoms with Gasteiger partial charge in [-0.05, 0) is 53.6 Å². The molecule has 1 aliphatic carbocycles. The Kier molecular flexibility index (Phi) is 4.99. The Bertz CT molecular complexity index is 893. The number of nitrogens with one attached hydrogen (secondary N) is 1. The van der Waals surface area contributed by atoms with Gasteiger partial charge in [0, 0.05) is 0 Å². The number of ether oxygens (including phenoxy) is 1. The van der Waals surface area contributed by atoms with Crippen molar-refractivity contribution in [3.05, 3.63) is 47.0 Å². The van der Waals surface area contributed by atoms with Crippen LogP contribution in [0.2, 0.25) is 0 Å². The number of carbonyl (C=O) groups is 2. The predicted molar refractivity (Wildman–Crippen MR) is 102 cm³/mol. The summed E-state index contributed by atoms with van der Waals surface area (Å²) >= 11 is 0. The van der Waals surface area contributed by atoms with E-state index in [0.717, 1.165) is 23.6 Å². The van der Waals surface area contributed by atoms with E-state index in [4.69, 9.17) is 11.2 Å². The lowest BCUT2D eigenvalue weighted by Gasteiger charge is -2.26. The highest BCUT2D eigenvalue weighted by Gasteiger charge is 2.26. The van der Waals surface area contributed by atoms with Crippen LogP contribution in [0, 0.1) is 12.3 Å². The van der Waals surface area contributed by atoms with Crippen molar-refractivity contribution in [3.8, 4) is 12.3 Å². The number of benzene rings is 2. The standard InChI is InChI=1S/C22H23NO3/c1-4-22(5-2,6-3)23-19(24)14-26-21(25)18-13-12-16-11-10-15-8-7-9-17(18)20(15)16/h1,7-9,12-13H,5-6,10-11,14H2,2-3H3,(H,23,24). The van der Waals surface area contributed by atoms with Gasteiger partial charge >= 0.3 is 5.97 Å². The monoisotopic (exact) mass is 349 g/mol. The topological polar surface area (TPSA) is 55.4 Å². The summed E-state index contributed by atoms with van der Waals surface area (Å²) in [4.78, 5) is 24.7. The fraction of sp³-hybridized carbons (Fsp3) is 0.364. The second-order valence-corrected chi connectivity index (χ2v) is 6.67. The lowest BCUT2D eigenvalue weighted by Crippen LogP contribution is -2.48. The smallest absolute Gasteiger partial charge is 0.339 e. The van der Waals surface area contributed by atoms with Gasteiger partial charge in [0.1, 0.15) is 5.54 Å². The van der Waals surface area contributed by atoms with Crippen molar-refractivity contribution in [1.29, 1.82) is 0 Å². The van der Waals surface area contributed by atoms with Gasteiger partial charge in [-0.2, -0.15) is 0 Å². The van der Waals surface area contributed by atoms with Gasteiger partial charge in [-0.15, -0.1) is 6.42 Å². The largest absolute Gasteiger partial charge is 0.452 e. The molecule has 0 saturated heterocycles. The summed E-state index contributed by atoms with van der Waals surface area (Å²) in [6, 6.07) is 9.75. The Balaban J connectivity index is 1.73. The summed E-state index contributed by atoms with van der Waals surface area (Å²) in [5, 5.41) is 4.84. The molecule has 0 bridgehead atoms. The molecule has 134 valence electrons. The van der Waals surface area contributed by atoms with E-state index in [1.54, 1.807) is 6.07 Å². The van der Waals surface area contributed by atoms with Crippen molar-refractivity contribution in [2.45, 2.75) is 45.1 Å². The van der Waals surface area contributed by atoms with Crippen molar-refractivity contribution in [2.24, 2.45) is 0 Å². The van der Waals surface area contributed by atoms with Crippen molar-refractivity contribution in [3.63, 3.8) is 0 Å². The van der Waals surface area contributed by atoms with Crippen LogP contribution < -0.4 is 5.32 Å².